The highest BCUT2D eigenvalue weighted by Gasteiger charge is 2.44. The van der Waals surface area contributed by atoms with Crippen molar-refractivity contribution in [1.82, 2.24) is 0 Å². The second kappa shape index (κ2) is 3.73. The van der Waals surface area contributed by atoms with E-state index in [-0.39, 0.29) is 5.56 Å². The standard InChI is InChI=1S/C13H12O5/c14-11(12(15)16)8-3-4-9-10(7-8)18-13(17-9)5-1-2-6-13/h3-4,7H,1-2,5-6H2,(H,15,16). The van der Waals surface area contributed by atoms with E-state index in [9.17, 15) is 9.59 Å². The number of benzene rings is 1. The predicted octanol–water partition coefficient (Wildman–Crippen LogP) is 2.00. The second-order valence-electron chi connectivity index (χ2n) is 4.62. The Morgan fingerprint density at radius 3 is 2.44 bits per heavy atom. The summed E-state index contributed by atoms with van der Waals surface area (Å²) in [4.78, 5) is 22.0. The fourth-order valence-electron chi connectivity index (χ4n) is 2.48. The van der Waals surface area contributed by atoms with E-state index in [1.54, 1.807) is 6.07 Å². The lowest BCUT2D eigenvalue weighted by Crippen LogP contribution is -2.34. The SMILES string of the molecule is O=C(O)C(=O)c1ccc2c(c1)OC1(CCCC1)O2. The normalized spacial score (nSPS) is 19.1. The Morgan fingerprint density at radius 1 is 1.11 bits per heavy atom. The number of carboxylic acids is 1. The molecule has 0 aromatic heterocycles. The number of ketones is 1. The minimum Gasteiger partial charge on any atom is -0.475 e. The van der Waals surface area contributed by atoms with Gasteiger partial charge in [-0.05, 0) is 31.0 Å². The molecule has 1 fully saturated rings. The molecule has 1 spiro atoms. The average Bonchev–Trinajstić information content (AvgIpc) is 2.93. The summed E-state index contributed by atoms with van der Waals surface area (Å²) in [6, 6.07) is 4.49. The molecule has 0 amide bonds. The zero-order valence-electron chi connectivity index (χ0n) is 9.64. The van der Waals surface area contributed by atoms with Gasteiger partial charge in [0.05, 0.1) is 0 Å². The van der Waals surface area contributed by atoms with Crippen LogP contribution in [0.25, 0.3) is 0 Å². The van der Waals surface area contributed by atoms with Crippen molar-refractivity contribution >= 4 is 11.8 Å². The fraction of sp³-hybridized carbons (Fsp3) is 0.385. The van der Waals surface area contributed by atoms with Crippen LogP contribution in [0.5, 0.6) is 11.5 Å². The summed E-state index contributed by atoms with van der Waals surface area (Å²) in [5.41, 5.74) is 0.111. The molecule has 1 heterocycles. The van der Waals surface area contributed by atoms with Gasteiger partial charge in [-0.25, -0.2) is 4.79 Å². The first-order valence-electron chi connectivity index (χ1n) is 5.89. The van der Waals surface area contributed by atoms with E-state index in [1.165, 1.54) is 12.1 Å². The molecule has 0 atom stereocenters. The molecule has 94 valence electrons. The third-order valence-electron chi connectivity index (χ3n) is 3.36. The Bertz CT molecular complexity index is 528. The lowest BCUT2D eigenvalue weighted by molar-refractivity contribution is -0.131. The van der Waals surface area contributed by atoms with Crippen LogP contribution in [-0.4, -0.2) is 22.6 Å². The van der Waals surface area contributed by atoms with E-state index in [4.69, 9.17) is 14.6 Å². The molecule has 3 rings (SSSR count). The molecule has 1 N–H and O–H groups in total. The smallest absolute Gasteiger partial charge is 0.377 e. The van der Waals surface area contributed by atoms with Crippen LogP contribution < -0.4 is 9.47 Å². The highest BCUT2D eigenvalue weighted by molar-refractivity contribution is 6.39. The quantitative estimate of drug-likeness (QED) is 0.640. The molecule has 18 heavy (non-hydrogen) atoms. The Balaban J connectivity index is 1.91. The summed E-state index contributed by atoms with van der Waals surface area (Å²) in [7, 11) is 0. The van der Waals surface area contributed by atoms with Crippen molar-refractivity contribution in [3.8, 4) is 11.5 Å². The van der Waals surface area contributed by atoms with E-state index in [0.29, 0.717) is 11.5 Å². The maximum atomic E-state index is 11.4. The van der Waals surface area contributed by atoms with Gasteiger partial charge >= 0.3 is 5.97 Å². The molecule has 0 radical (unpaired) electrons. The van der Waals surface area contributed by atoms with Crippen LogP contribution in [0.2, 0.25) is 0 Å². The maximum absolute atomic E-state index is 11.4. The van der Waals surface area contributed by atoms with Crippen LogP contribution in [0.3, 0.4) is 0 Å². The summed E-state index contributed by atoms with van der Waals surface area (Å²) < 4.78 is 11.5. The van der Waals surface area contributed by atoms with Crippen molar-refractivity contribution in [2.75, 3.05) is 0 Å². The van der Waals surface area contributed by atoms with Gasteiger partial charge in [-0.1, -0.05) is 0 Å². The van der Waals surface area contributed by atoms with Crippen molar-refractivity contribution in [3.05, 3.63) is 23.8 Å². The zero-order chi connectivity index (χ0) is 12.8. The first-order valence-corrected chi connectivity index (χ1v) is 5.89. The Morgan fingerprint density at radius 2 is 1.78 bits per heavy atom. The summed E-state index contributed by atoms with van der Waals surface area (Å²) in [6.45, 7) is 0. The molecule has 1 aliphatic carbocycles. The van der Waals surface area contributed by atoms with Crippen LogP contribution in [0.1, 0.15) is 36.0 Å². The van der Waals surface area contributed by atoms with E-state index < -0.39 is 17.5 Å². The van der Waals surface area contributed by atoms with Gasteiger partial charge in [0, 0.05) is 18.4 Å². The van der Waals surface area contributed by atoms with Gasteiger partial charge in [0.2, 0.25) is 0 Å². The summed E-state index contributed by atoms with van der Waals surface area (Å²) >= 11 is 0. The highest BCUT2D eigenvalue weighted by Crippen LogP contribution is 2.46. The lowest BCUT2D eigenvalue weighted by atomic mass is 10.1. The van der Waals surface area contributed by atoms with Gasteiger partial charge in [0.15, 0.2) is 11.5 Å². The van der Waals surface area contributed by atoms with Crippen molar-refractivity contribution in [2.24, 2.45) is 0 Å². The minimum absolute atomic E-state index is 0.111. The van der Waals surface area contributed by atoms with Crippen molar-refractivity contribution in [2.45, 2.75) is 31.5 Å². The number of hydrogen-bond acceptors (Lipinski definition) is 4. The predicted molar refractivity (Wildman–Crippen MR) is 60.9 cm³/mol. The Labute approximate surface area is 103 Å². The van der Waals surface area contributed by atoms with Gasteiger partial charge in [-0.3, -0.25) is 4.79 Å². The topological polar surface area (TPSA) is 72.8 Å². The third-order valence-corrected chi connectivity index (χ3v) is 3.36. The minimum atomic E-state index is -1.47. The molecule has 1 saturated carbocycles. The highest BCUT2D eigenvalue weighted by atomic mass is 16.7. The molecular weight excluding hydrogens is 236 g/mol. The third kappa shape index (κ3) is 1.63. The molecule has 0 bridgehead atoms. The van der Waals surface area contributed by atoms with Crippen molar-refractivity contribution in [1.29, 1.82) is 0 Å². The van der Waals surface area contributed by atoms with Gasteiger partial charge in [0.1, 0.15) is 0 Å². The molecule has 5 heteroatoms. The van der Waals surface area contributed by atoms with Gasteiger partial charge < -0.3 is 14.6 Å². The monoisotopic (exact) mass is 248 g/mol. The number of carbonyl (C=O) groups is 2. The van der Waals surface area contributed by atoms with Crippen LogP contribution in [0.4, 0.5) is 0 Å². The van der Waals surface area contributed by atoms with Crippen LogP contribution in [0, 0.1) is 0 Å². The first-order chi connectivity index (χ1) is 8.60. The number of carbonyl (C=O) groups excluding carboxylic acids is 1. The molecule has 5 nitrogen and oxygen atoms in total. The number of fused-ring (bicyclic) bond motifs is 1. The van der Waals surface area contributed by atoms with Crippen LogP contribution >= 0.6 is 0 Å². The van der Waals surface area contributed by atoms with Crippen LogP contribution in [0.15, 0.2) is 18.2 Å². The summed E-state index contributed by atoms with van der Waals surface area (Å²) in [5, 5.41) is 8.67. The van der Waals surface area contributed by atoms with E-state index in [2.05, 4.69) is 0 Å². The molecule has 1 aromatic carbocycles. The first kappa shape index (κ1) is 11.1. The maximum Gasteiger partial charge on any atom is 0.377 e. The lowest BCUT2D eigenvalue weighted by Gasteiger charge is -2.21. The van der Waals surface area contributed by atoms with E-state index >= 15 is 0 Å². The number of carboxylic acid groups (broad SMARTS) is 1. The van der Waals surface area contributed by atoms with Crippen molar-refractivity contribution in [3.63, 3.8) is 0 Å². The van der Waals surface area contributed by atoms with E-state index in [1.807, 2.05) is 0 Å². The van der Waals surface area contributed by atoms with Gasteiger partial charge in [-0.15, -0.1) is 0 Å². The molecule has 1 aliphatic heterocycles. The molecule has 0 unspecified atom stereocenters. The Kier molecular flexibility index (Phi) is 2.29. The number of ether oxygens (including phenoxy) is 2. The second-order valence-corrected chi connectivity index (χ2v) is 4.62. The molecule has 2 aliphatic rings. The molecular formula is C13H12O5. The number of aliphatic carboxylic acids is 1. The van der Waals surface area contributed by atoms with Gasteiger partial charge in [0.25, 0.3) is 11.6 Å². The fourth-order valence-corrected chi connectivity index (χ4v) is 2.48. The number of rotatable bonds is 2. The zero-order valence-corrected chi connectivity index (χ0v) is 9.64. The largest absolute Gasteiger partial charge is 0.475 e. The van der Waals surface area contributed by atoms with Crippen LogP contribution in [-0.2, 0) is 4.79 Å². The molecule has 1 aromatic rings. The molecule has 0 saturated heterocycles. The van der Waals surface area contributed by atoms with E-state index in [0.717, 1.165) is 25.7 Å². The summed E-state index contributed by atoms with van der Waals surface area (Å²) in [6.07, 6.45) is 3.75. The van der Waals surface area contributed by atoms with Gasteiger partial charge in [-0.2, -0.15) is 0 Å². The van der Waals surface area contributed by atoms with Crippen molar-refractivity contribution < 1.29 is 24.2 Å². The average molecular weight is 248 g/mol. The Hall–Kier alpha value is -2.04. The number of hydrogen-bond donors (Lipinski definition) is 1. The summed E-state index contributed by atoms with van der Waals surface area (Å²) in [5.74, 6) is -1.95. The number of Topliss-reactive ketones (excluding diaryl/α,β-unsaturated/α-hetero) is 1.